The molecule has 1 aromatic rings. The standard InChI is InChI=1S/C10H15N3.ClH/c1-8-2-5-12-10(6-8)13-9-3-4-11-7-9;/h2,5-6,9,11H,3-4,7H2,1H3,(H,12,13);1H/t9-;/m0./s1. The first kappa shape index (κ1) is 11.3. The predicted molar refractivity (Wildman–Crippen MR) is 61.1 cm³/mol. The molecule has 0 saturated carbocycles. The molecule has 1 fully saturated rings. The molecular formula is C10H16ClN3. The minimum absolute atomic E-state index is 0. The van der Waals surface area contributed by atoms with E-state index in [-0.39, 0.29) is 12.4 Å². The summed E-state index contributed by atoms with van der Waals surface area (Å²) in [6.45, 7) is 4.25. The molecule has 0 radical (unpaired) electrons. The van der Waals surface area contributed by atoms with Gasteiger partial charge in [0.1, 0.15) is 5.82 Å². The van der Waals surface area contributed by atoms with Crippen LogP contribution in [0.4, 0.5) is 5.82 Å². The van der Waals surface area contributed by atoms with Crippen molar-refractivity contribution in [1.29, 1.82) is 0 Å². The van der Waals surface area contributed by atoms with Gasteiger partial charge in [-0.1, -0.05) is 0 Å². The lowest BCUT2D eigenvalue weighted by Gasteiger charge is -2.11. The van der Waals surface area contributed by atoms with Crippen molar-refractivity contribution in [3.05, 3.63) is 23.9 Å². The van der Waals surface area contributed by atoms with Gasteiger partial charge in [0.2, 0.25) is 0 Å². The zero-order valence-corrected chi connectivity index (χ0v) is 9.10. The maximum Gasteiger partial charge on any atom is 0.126 e. The van der Waals surface area contributed by atoms with Gasteiger partial charge in [-0.25, -0.2) is 4.98 Å². The maximum atomic E-state index is 4.26. The molecule has 4 heteroatoms. The monoisotopic (exact) mass is 213 g/mol. The van der Waals surface area contributed by atoms with Gasteiger partial charge in [-0.15, -0.1) is 12.4 Å². The third kappa shape index (κ3) is 2.86. The average molecular weight is 214 g/mol. The lowest BCUT2D eigenvalue weighted by molar-refractivity contribution is 0.788. The number of nitrogens with zero attached hydrogens (tertiary/aromatic N) is 1. The quantitative estimate of drug-likeness (QED) is 0.784. The lowest BCUT2D eigenvalue weighted by Crippen LogP contribution is -2.22. The molecule has 2 heterocycles. The summed E-state index contributed by atoms with van der Waals surface area (Å²) < 4.78 is 0. The van der Waals surface area contributed by atoms with E-state index in [0.29, 0.717) is 6.04 Å². The number of anilines is 1. The average Bonchev–Trinajstić information content (AvgIpc) is 2.57. The number of hydrogen-bond acceptors (Lipinski definition) is 3. The van der Waals surface area contributed by atoms with E-state index in [9.17, 15) is 0 Å². The molecule has 1 atom stereocenters. The molecule has 1 aromatic heterocycles. The first-order chi connectivity index (χ1) is 6.34. The van der Waals surface area contributed by atoms with E-state index < -0.39 is 0 Å². The summed E-state index contributed by atoms with van der Waals surface area (Å²) in [5.74, 6) is 0.994. The van der Waals surface area contributed by atoms with E-state index >= 15 is 0 Å². The van der Waals surface area contributed by atoms with Crippen molar-refractivity contribution in [2.75, 3.05) is 18.4 Å². The van der Waals surface area contributed by atoms with Crippen molar-refractivity contribution < 1.29 is 0 Å². The zero-order chi connectivity index (χ0) is 9.10. The molecular weight excluding hydrogens is 198 g/mol. The molecule has 14 heavy (non-hydrogen) atoms. The Bertz CT molecular complexity index is 284. The first-order valence-corrected chi connectivity index (χ1v) is 4.74. The summed E-state index contributed by atoms with van der Waals surface area (Å²) >= 11 is 0. The van der Waals surface area contributed by atoms with Crippen molar-refractivity contribution in [2.24, 2.45) is 0 Å². The van der Waals surface area contributed by atoms with Crippen molar-refractivity contribution >= 4 is 18.2 Å². The van der Waals surface area contributed by atoms with Crippen LogP contribution in [0.15, 0.2) is 18.3 Å². The van der Waals surface area contributed by atoms with Crippen LogP contribution in [0.1, 0.15) is 12.0 Å². The Hall–Kier alpha value is -0.800. The fourth-order valence-electron chi connectivity index (χ4n) is 1.60. The van der Waals surface area contributed by atoms with E-state index in [1.807, 2.05) is 12.3 Å². The number of nitrogens with one attached hydrogen (secondary N) is 2. The van der Waals surface area contributed by atoms with Crippen LogP contribution >= 0.6 is 12.4 Å². The SMILES string of the molecule is Cc1ccnc(N[C@H]2CCNC2)c1.Cl. The fourth-order valence-corrected chi connectivity index (χ4v) is 1.60. The van der Waals surface area contributed by atoms with Gasteiger partial charge < -0.3 is 10.6 Å². The second-order valence-corrected chi connectivity index (χ2v) is 3.55. The van der Waals surface area contributed by atoms with E-state index in [2.05, 4.69) is 28.6 Å². The third-order valence-electron chi connectivity index (χ3n) is 2.33. The largest absolute Gasteiger partial charge is 0.366 e. The van der Waals surface area contributed by atoms with Crippen molar-refractivity contribution in [3.8, 4) is 0 Å². The van der Waals surface area contributed by atoms with Crippen LogP contribution in [0, 0.1) is 6.92 Å². The summed E-state index contributed by atoms with van der Waals surface area (Å²) in [6, 6.07) is 4.64. The number of hydrogen-bond donors (Lipinski definition) is 2. The lowest BCUT2D eigenvalue weighted by atomic mass is 10.2. The molecule has 0 aromatic carbocycles. The fraction of sp³-hybridized carbons (Fsp3) is 0.500. The molecule has 0 spiro atoms. The summed E-state index contributed by atoms with van der Waals surface area (Å²) in [5, 5.41) is 6.72. The van der Waals surface area contributed by atoms with Crippen molar-refractivity contribution in [3.63, 3.8) is 0 Å². The molecule has 3 nitrogen and oxygen atoms in total. The van der Waals surface area contributed by atoms with E-state index in [4.69, 9.17) is 0 Å². The van der Waals surface area contributed by atoms with Gasteiger partial charge in [0.25, 0.3) is 0 Å². The van der Waals surface area contributed by atoms with Crippen LogP contribution in [0.2, 0.25) is 0 Å². The Labute approximate surface area is 90.7 Å². The van der Waals surface area contributed by atoms with Gasteiger partial charge in [0, 0.05) is 18.8 Å². The second-order valence-electron chi connectivity index (χ2n) is 3.55. The number of pyridine rings is 1. The van der Waals surface area contributed by atoms with Crippen LogP contribution in [0.3, 0.4) is 0 Å². The van der Waals surface area contributed by atoms with Gasteiger partial charge >= 0.3 is 0 Å². The van der Waals surface area contributed by atoms with Crippen molar-refractivity contribution in [1.82, 2.24) is 10.3 Å². The number of halogens is 1. The minimum Gasteiger partial charge on any atom is -0.366 e. The number of rotatable bonds is 2. The highest BCUT2D eigenvalue weighted by Crippen LogP contribution is 2.09. The normalized spacial score (nSPS) is 20.2. The first-order valence-electron chi connectivity index (χ1n) is 4.74. The highest BCUT2D eigenvalue weighted by molar-refractivity contribution is 5.85. The Morgan fingerprint density at radius 2 is 2.43 bits per heavy atom. The molecule has 1 aliphatic heterocycles. The van der Waals surface area contributed by atoms with Gasteiger partial charge in [0.15, 0.2) is 0 Å². The Kier molecular flexibility index (Phi) is 4.17. The van der Waals surface area contributed by atoms with Crippen LogP contribution in [0.5, 0.6) is 0 Å². The zero-order valence-electron chi connectivity index (χ0n) is 8.29. The maximum absolute atomic E-state index is 4.26. The second kappa shape index (κ2) is 5.17. The topological polar surface area (TPSA) is 37.0 Å². The molecule has 0 aliphatic carbocycles. The molecule has 0 unspecified atom stereocenters. The van der Waals surface area contributed by atoms with Gasteiger partial charge in [-0.2, -0.15) is 0 Å². The molecule has 0 amide bonds. The Morgan fingerprint density at radius 3 is 3.07 bits per heavy atom. The summed E-state index contributed by atoms with van der Waals surface area (Å²) in [5.41, 5.74) is 1.25. The van der Waals surface area contributed by atoms with E-state index in [1.54, 1.807) is 0 Å². The molecule has 1 aliphatic rings. The van der Waals surface area contributed by atoms with Gasteiger partial charge in [-0.05, 0) is 37.6 Å². The molecule has 78 valence electrons. The molecule has 2 rings (SSSR count). The van der Waals surface area contributed by atoms with Gasteiger partial charge in [0.05, 0.1) is 0 Å². The highest BCUT2D eigenvalue weighted by atomic mass is 35.5. The highest BCUT2D eigenvalue weighted by Gasteiger charge is 2.13. The predicted octanol–water partition coefficient (Wildman–Crippen LogP) is 1.59. The summed E-state index contributed by atoms with van der Waals surface area (Å²) in [7, 11) is 0. The number of aromatic nitrogens is 1. The molecule has 1 saturated heterocycles. The van der Waals surface area contributed by atoms with E-state index in [0.717, 1.165) is 18.9 Å². The minimum atomic E-state index is 0. The molecule has 0 bridgehead atoms. The Balaban J connectivity index is 0.000000980. The van der Waals surface area contributed by atoms with Crippen LogP contribution in [-0.2, 0) is 0 Å². The van der Waals surface area contributed by atoms with Crippen LogP contribution in [0.25, 0.3) is 0 Å². The van der Waals surface area contributed by atoms with Crippen molar-refractivity contribution in [2.45, 2.75) is 19.4 Å². The van der Waals surface area contributed by atoms with E-state index in [1.165, 1.54) is 12.0 Å². The summed E-state index contributed by atoms with van der Waals surface area (Å²) in [4.78, 5) is 4.26. The number of aryl methyl sites for hydroxylation is 1. The van der Waals surface area contributed by atoms with Crippen LogP contribution in [-0.4, -0.2) is 24.1 Å². The Morgan fingerprint density at radius 1 is 1.57 bits per heavy atom. The molecule has 2 N–H and O–H groups in total. The summed E-state index contributed by atoms with van der Waals surface area (Å²) in [6.07, 6.45) is 3.04. The van der Waals surface area contributed by atoms with Crippen LogP contribution < -0.4 is 10.6 Å². The smallest absolute Gasteiger partial charge is 0.126 e. The third-order valence-corrected chi connectivity index (χ3v) is 2.33. The van der Waals surface area contributed by atoms with Gasteiger partial charge in [-0.3, -0.25) is 0 Å².